The average molecular weight is 236 g/mol. The zero-order valence-corrected chi connectivity index (χ0v) is 10.9. The lowest BCUT2D eigenvalue weighted by molar-refractivity contribution is 0.0725. The first-order chi connectivity index (χ1) is 8.01. The second kappa shape index (κ2) is 5.82. The van der Waals surface area contributed by atoms with Gasteiger partial charge < -0.3 is 9.84 Å². The SMILES string of the molecule is CCCC(O)C(=O)c1c(C)cc(C)cc1OC. The van der Waals surface area contributed by atoms with E-state index < -0.39 is 6.10 Å². The predicted molar refractivity (Wildman–Crippen MR) is 67.7 cm³/mol. The van der Waals surface area contributed by atoms with Gasteiger partial charge in [-0.15, -0.1) is 0 Å². The zero-order valence-electron chi connectivity index (χ0n) is 10.9. The van der Waals surface area contributed by atoms with Crippen LogP contribution in [0.15, 0.2) is 12.1 Å². The topological polar surface area (TPSA) is 46.5 Å². The van der Waals surface area contributed by atoms with E-state index in [1.165, 1.54) is 7.11 Å². The number of ketones is 1. The van der Waals surface area contributed by atoms with Crippen molar-refractivity contribution in [3.05, 3.63) is 28.8 Å². The first-order valence-electron chi connectivity index (χ1n) is 5.88. The molecule has 0 saturated heterocycles. The van der Waals surface area contributed by atoms with Gasteiger partial charge in [0.25, 0.3) is 0 Å². The largest absolute Gasteiger partial charge is 0.496 e. The van der Waals surface area contributed by atoms with Gasteiger partial charge >= 0.3 is 0 Å². The van der Waals surface area contributed by atoms with E-state index in [-0.39, 0.29) is 5.78 Å². The van der Waals surface area contributed by atoms with Crippen molar-refractivity contribution in [1.82, 2.24) is 0 Å². The molecule has 0 aliphatic heterocycles. The van der Waals surface area contributed by atoms with Crippen molar-refractivity contribution >= 4 is 5.78 Å². The molecule has 1 unspecified atom stereocenters. The number of aryl methyl sites for hydroxylation is 2. The summed E-state index contributed by atoms with van der Waals surface area (Å²) in [7, 11) is 1.54. The molecule has 17 heavy (non-hydrogen) atoms. The number of carbonyl (C=O) groups is 1. The lowest BCUT2D eigenvalue weighted by Crippen LogP contribution is -2.21. The van der Waals surface area contributed by atoms with Crippen LogP contribution in [0, 0.1) is 13.8 Å². The van der Waals surface area contributed by atoms with Gasteiger partial charge in [0, 0.05) is 0 Å². The molecule has 0 amide bonds. The lowest BCUT2D eigenvalue weighted by atomic mass is 9.96. The molecule has 0 bridgehead atoms. The summed E-state index contributed by atoms with van der Waals surface area (Å²) < 4.78 is 5.22. The Morgan fingerprint density at radius 1 is 1.41 bits per heavy atom. The van der Waals surface area contributed by atoms with Crippen molar-refractivity contribution in [2.24, 2.45) is 0 Å². The number of carbonyl (C=O) groups excluding carboxylic acids is 1. The maximum absolute atomic E-state index is 12.1. The van der Waals surface area contributed by atoms with Gasteiger partial charge in [0.05, 0.1) is 12.7 Å². The highest BCUT2D eigenvalue weighted by molar-refractivity contribution is 6.03. The van der Waals surface area contributed by atoms with E-state index in [1.807, 2.05) is 32.9 Å². The molecule has 0 aromatic heterocycles. The molecule has 1 rings (SSSR count). The number of hydrogen-bond donors (Lipinski definition) is 1. The summed E-state index contributed by atoms with van der Waals surface area (Å²) in [5.41, 5.74) is 2.39. The summed E-state index contributed by atoms with van der Waals surface area (Å²) in [6.45, 7) is 5.75. The minimum absolute atomic E-state index is 0.249. The number of hydrogen-bond acceptors (Lipinski definition) is 3. The van der Waals surface area contributed by atoms with E-state index in [9.17, 15) is 9.90 Å². The average Bonchev–Trinajstić information content (AvgIpc) is 2.27. The Bertz CT molecular complexity index is 410. The molecule has 3 heteroatoms. The number of methoxy groups -OCH3 is 1. The first kappa shape index (κ1) is 13.7. The molecule has 1 aromatic carbocycles. The third-order valence-corrected chi connectivity index (χ3v) is 2.77. The summed E-state index contributed by atoms with van der Waals surface area (Å²) in [5.74, 6) is 0.295. The smallest absolute Gasteiger partial charge is 0.195 e. The molecule has 0 saturated carbocycles. The number of aliphatic hydroxyl groups is 1. The fourth-order valence-electron chi connectivity index (χ4n) is 1.98. The van der Waals surface area contributed by atoms with E-state index in [0.29, 0.717) is 17.7 Å². The lowest BCUT2D eigenvalue weighted by Gasteiger charge is -2.15. The van der Waals surface area contributed by atoms with Crippen LogP contribution in [0.1, 0.15) is 41.3 Å². The third-order valence-electron chi connectivity index (χ3n) is 2.77. The number of benzene rings is 1. The van der Waals surface area contributed by atoms with Crippen LogP contribution in [0.4, 0.5) is 0 Å². The second-order valence-corrected chi connectivity index (χ2v) is 4.33. The summed E-state index contributed by atoms with van der Waals surface area (Å²) in [5, 5.41) is 9.78. The third kappa shape index (κ3) is 3.07. The maximum atomic E-state index is 12.1. The second-order valence-electron chi connectivity index (χ2n) is 4.33. The molecule has 1 N–H and O–H groups in total. The van der Waals surface area contributed by atoms with E-state index in [4.69, 9.17) is 4.74 Å². The normalized spacial score (nSPS) is 12.3. The van der Waals surface area contributed by atoms with Gasteiger partial charge in [0.2, 0.25) is 0 Å². The van der Waals surface area contributed by atoms with Crippen LogP contribution in [0.2, 0.25) is 0 Å². The van der Waals surface area contributed by atoms with E-state index >= 15 is 0 Å². The predicted octanol–water partition coefficient (Wildman–Crippen LogP) is 2.66. The van der Waals surface area contributed by atoms with Crippen LogP contribution in [0.25, 0.3) is 0 Å². The summed E-state index contributed by atoms with van der Waals surface area (Å²) in [6, 6.07) is 3.74. The number of Topliss-reactive ketones (excluding diaryl/α,β-unsaturated/α-hetero) is 1. The van der Waals surface area contributed by atoms with Gasteiger partial charge in [-0.3, -0.25) is 4.79 Å². The van der Waals surface area contributed by atoms with Crippen molar-refractivity contribution in [1.29, 1.82) is 0 Å². The summed E-state index contributed by atoms with van der Waals surface area (Å²) >= 11 is 0. The molecular formula is C14H20O3. The Morgan fingerprint density at radius 3 is 2.59 bits per heavy atom. The molecule has 0 aliphatic carbocycles. The van der Waals surface area contributed by atoms with Crippen molar-refractivity contribution in [2.45, 2.75) is 39.7 Å². The molecule has 1 aromatic rings. The minimum Gasteiger partial charge on any atom is -0.496 e. The Balaban J connectivity index is 3.16. The summed E-state index contributed by atoms with van der Waals surface area (Å²) in [4.78, 5) is 12.1. The van der Waals surface area contributed by atoms with Gasteiger partial charge in [-0.1, -0.05) is 19.4 Å². The van der Waals surface area contributed by atoms with E-state index in [2.05, 4.69) is 0 Å². The van der Waals surface area contributed by atoms with Gasteiger partial charge in [-0.2, -0.15) is 0 Å². The zero-order chi connectivity index (χ0) is 13.0. The van der Waals surface area contributed by atoms with Crippen molar-refractivity contribution in [2.75, 3.05) is 7.11 Å². The monoisotopic (exact) mass is 236 g/mol. The number of rotatable bonds is 5. The molecule has 1 atom stereocenters. The molecule has 3 nitrogen and oxygen atoms in total. The van der Waals surface area contributed by atoms with Gasteiger partial charge in [-0.25, -0.2) is 0 Å². The van der Waals surface area contributed by atoms with Crippen molar-refractivity contribution in [3.8, 4) is 5.75 Å². The first-order valence-corrected chi connectivity index (χ1v) is 5.88. The fourth-order valence-corrected chi connectivity index (χ4v) is 1.98. The standard InChI is InChI=1S/C14H20O3/c1-5-6-11(15)14(16)13-10(3)7-9(2)8-12(13)17-4/h7-8,11,15H,5-6H2,1-4H3. The molecule has 0 aliphatic rings. The molecule has 0 heterocycles. The van der Waals surface area contributed by atoms with E-state index in [1.54, 1.807) is 0 Å². The minimum atomic E-state index is -0.935. The Hall–Kier alpha value is -1.35. The van der Waals surface area contributed by atoms with Crippen molar-refractivity contribution < 1.29 is 14.6 Å². The van der Waals surface area contributed by atoms with Gasteiger partial charge in [0.15, 0.2) is 5.78 Å². The Morgan fingerprint density at radius 2 is 2.06 bits per heavy atom. The molecular weight excluding hydrogens is 216 g/mol. The van der Waals surface area contributed by atoms with Crippen LogP contribution in [0.3, 0.4) is 0 Å². The highest BCUT2D eigenvalue weighted by Crippen LogP contribution is 2.26. The molecule has 0 radical (unpaired) electrons. The highest BCUT2D eigenvalue weighted by atomic mass is 16.5. The maximum Gasteiger partial charge on any atom is 0.195 e. The Kier molecular flexibility index (Phi) is 4.70. The molecule has 0 spiro atoms. The molecule has 0 fully saturated rings. The quantitative estimate of drug-likeness (QED) is 0.799. The van der Waals surface area contributed by atoms with Crippen LogP contribution >= 0.6 is 0 Å². The Labute approximate surface area is 102 Å². The summed E-state index contributed by atoms with van der Waals surface area (Å²) in [6.07, 6.45) is 0.324. The molecule has 94 valence electrons. The van der Waals surface area contributed by atoms with Crippen molar-refractivity contribution in [3.63, 3.8) is 0 Å². The fraction of sp³-hybridized carbons (Fsp3) is 0.500. The number of aliphatic hydroxyl groups excluding tert-OH is 1. The van der Waals surface area contributed by atoms with Crippen LogP contribution in [0.5, 0.6) is 5.75 Å². The number of ether oxygens (including phenoxy) is 1. The van der Waals surface area contributed by atoms with Crippen LogP contribution in [-0.4, -0.2) is 24.1 Å². The van der Waals surface area contributed by atoms with Gasteiger partial charge in [0.1, 0.15) is 11.9 Å². The van der Waals surface area contributed by atoms with Crippen LogP contribution < -0.4 is 4.74 Å². The highest BCUT2D eigenvalue weighted by Gasteiger charge is 2.22. The van der Waals surface area contributed by atoms with Gasteiger partial charge in [-0.05, 0) is 37.5 Å². The van der Waals surface area contributed by atoms with Crippen LogP contribution in [-0.2, 0) is 0 Å². The van der Waals surface area contributed by atoms with E-state index in [0.717, 1.165) is 17.5 Å².